The van der Waals surface area contributed by atoms with E-state index in [0.29, 0.717) is 12.4 Å². The molecule has 0 bridgehead atoms. The molecule has 0 radical (unpaired) electrons. The standard InChI is InChI=1S/C16H20N4O2S/c1-5-20(15-8-9-18-16(17)19-15)14-7-6-12(23(4,21)22)10-13(14)11(2)3/h6-10H,2,5H2,1,3-4H3,(H2,17,18,19). The maximum Gasteiger partial charge on any atom is 0.221 e. The Morgan fingerprint density at radius 3 is 2.57 bits per heavy atom. The summed E-state index contributed by atoms with van der Waals surface area (Å²) >= 11 is 0. The van der Waals surface area contributed by atoms with Crippen LogP contribution in [0.2, 0.25) is 0 Å². The van der Waals surface area contributed by atoms with E-state index >= 15 is 0 Å². The maximum atomic E-state index is 11.8. The molecule has 1 aromatic carbocycles. The molecule has 0 fully saturated rings. The summed E-state index contributed by atoms with van der Waals surface area (Å²) in [5.74, 6) is 0.834. The smallest absolute Gasteiger partial charge is 0.221 e. The van der Waals surface area contributed by atoms with E-state index < -0.39 is 9.84 Å². The number of hydrogen-bond acceptors (Lipinski definition) is 6. The highest BCUT2D eigenvalue weighted by molar-refractivity contribution is 7.90. The number of benzene rings is 1. The average Bonchev–Trinajstić information content (AvgIpc) is 2.47. The van der Waals surface area contributed by atoms with Crippen LogP contribution in [0.1, 0.15) is 19.4 Å². The van der Waals surface area contributed by atoms with Gasteiger partial charge in [0.15, 0.2) is 9.84 Å². The topological polar surface area (TPSA) is 89.2 Å². The molecule has 2 aromatic rings. The summed E-state index contributed by atoms with van der Waals surface area (Å²) < 4.78 is 23.6. The minimum atomic E-state index is -3.28. The van der Waals surface area contributed by atoms with E-state index in [1.54, 1.807) is 30.5 Å². The minimum absolute atomic E-state index is 0.186. The van der Waals surface area contributed by atoms with Gasteiger partial charge in [0.1, 0.15) is 5.82 Å². The Balaban J connectivity index is 2.63. The van der Waals surface area contributed by atoms with E-state index in [1.807, 2.05) is 18.7 Å². The number of allylic oxidation sites excluding steroid dienone is 1. The van der Waals surface area contributed by atoms with Gasteiger partial charge in [-0.25, -0.2) is 13.4 Å². The number of nitrogens with zero attached hydrogens (tertiary/aromatic N) is 3. The number of anilines is 3. The molecule has 7 heteroatoms. The quantitative estimate of drug-likeness (QED) is 0.905. The van der Waals surface area contributed by atoms with Gasteiger partial charge >= 0.3 is 0 Å². The van der Waals surface area contributed by atoms with Crippen molar-refractivity contribution in [1.82, 2.24) is 9.97 Å². The van der Waals surface area contributed by atoms with Gasteiger partial charge < -0.3 is 10.6 Å². The zero-order valence-electron chi connectivity index (χ0n) is 13.4. The summed E-state index contributed by atoms with van der Waals surface area (Å²) in [5, 5.41) is 0. The van der Waals surface area contributed by atoms with Gasteiger partial charge in [-0.1, -0.05) is 6.58 Å². The Kier molecular flexibility index (Phi) is 4.70. The molecule has 0 aliphatic carbocycles. The Labute approximate surface area is 136 Å². The van der Waals surface area contributed by atoms with Crippen LogP contribution in [0.15, 0.2) is 41.9 Å². The summed E-state index contributed by atoms with van der Waals surface area (Å²) in [6.45, 7) is 8.41. The molecule has 0 saturated carbocycles. The molecule has 6 nitrogen and oxygen atoms in total. The molecule has 1 heterocycles. The lowest BCUT2D eigenvalue weighted by molar-refractivity contribution is 0.602. The molecular weight excluding hydrogens is 312 g/mol. The summed E-state index contributed by atoms with van der Waals surface area (Å²) in [6.07, 6.45) is 2.78. The van der Waals surface area contributed by atoms with E-state index in [0.717, 1.165) is 16.8 Å². The molecular formula is C16H20N4O2S. The second kappa shape index (κ2) is 6.37. The lowest BCUT2D eigenvalue weighted by Gasteiger charge is -2.25. The van der Waals surface area contributed by atoms with Crippen LogP contribution < -0.4 is 10.6 Å². The zero-order valence-corrected chi connectivity index (χ0v) is 14.3. The molecule has 1 aromatic heterocycles. The monoisotopic (exact) mass is 332 g/mol. The van der Waals surface area contributed by atoms with Crippen molar-refractivity contribution in [3.63, 3.8) is 0 Å². The van der Waals surface area contributed by atoms with Crippen molar-refractivity contribution in [2.45, 2.75) is 18.7 Å². The third kappa shape index (κ3) is 3.68. The molecule has 0 aliphatic rings. The number of hydrogen-bond donors (Lipinski definition) is 1. The van der Waals surface area contributed by atoms with Crippen LogP contribution >= 0.6 is 0 Å². The Morgan fingerprint density at radius 2 is 2.04 bits per heavy atom. The fourth-order valence-corrected chi connectivity index (χ4v) is 2.94. The summed E-state index contributed by atoms with van der Waals surface area (Å²) in [5.41, 5.74) is 8.01. The first-order valence-electron chi connectivity index (χ1n) is 7.10. The first-order chi connectivity index (χ1) is 10.7. The van der Waals surface area contributed by atoms with E-state index in [-0.39, 0.29) is 10.8 Å². The molecule has 2 rings (SSSR count). The lowest BCUT2D eigenvalue weighted by atomic mass is 10.1. The van der Waals surface area contributed by atoms with Crippen LogP contribution in [-0.4, -0.2) is 31.2 Å². The third-order valence-electron chi connectivity index (χ3n) is 3.40. The van der Waals surface area contributed by atoms with Gasteiger partial charge in [0.05, 0.1) is 4.90 Å². The molecule has 122 valence electrons. The van der Waals surface area contributed by atoms with Crippen LogP contribution in [0.3, 0.4) is 0 Å². The van der Waals surface area contributed by atoms with Gasteiger partial charge in [0, 0.05) is 30.2 Å². The van der Waals surface area contributed by atoms with Crippen molar-refractivity contribution < 1.29 is 8.42 Å². The third-order valence-corrected chi connectivity index (χ3v) is 4.51. The summed E-state index contributed by atoms with van der Waals surface area (Å²) in [6, 6.07) is 6.75. The van der Waals surface area contributed by atoms with Crippen LogP contribution in [0.5, 0.6) is 0 Å². The second-order valence-corrected chi connectivity index (χ2v) is 7.26. The highest BCUT2D eigenvalue weighted by atomic mass is 32.2. The number of rotatable bonds is 5. The number of aromatic nitrogens is 2. The highest BCUT2D eigenvalue weighted by Crippen LogP contribution is 2.32. The molecule has 0 unspecified atom stereocenters. The van der Waals surface area contributed by atoms with Gasteiger partial charge in [0.25, 0.3) is 0 Å². The lowest BCUT2D eigenvalue weighted by Crippen LogP contribution is -2.19. The predicted octanol–water partition coefficient (Wildman–Crippen LogP) is 2.65. The van der Waals surface area contributed by atoms with Crippen molar-refractivity contribution in [2.75, 3.05) is 23.4 Å². The maximum absolute atomic E-state index is 11.8. The van der Waals surface area contributed by atoms with Crippen molar-refractivity contribution in [3.8, 4) is 0 Å². The van der Waals surface area contributed by atoms with Crippen LogP contribution in [-0.2, 0) is 9.84 Å². The van der Waals surface area contributed by atoms with Crippen molar-refractivity contribution >= 4 is 32.9 Å². The van der Waals surface area contributed by atoms with Crippen molar-refractivity contribution in [2.24, 2.45) is 0 Å². The summed E-state index contributed by atoms with van der Waals surface area (Å²) in [7, 11) is -3.28. The largest absolute Gasteiger partial charge is 0.368 e. The molecule has 0 aliphatic heterocycles. The number of sulfone groups is 1. The van der Waals surface area contributed by atoms with Gasteiger partial charge in [-0.3, -0.25) is 0 Å². The highest BCUT2D eigenvalue weighted by Gasteiger charge is 2.17. The fraction of sp³-hybridized carbons (Fsp3) is 0.250. The normalized spacial score (nSPS) is 11.3. The van der Waals surface area contributed by atoms with Crippen LogP contribution in [0, 0.1) is 0 Å². The fourth-order valence-electron chi connectivity index (χ4n) is 2.29. The summed E-state index contributed by atoms with van der Waals surface area (Å²) in [4.78, 5) is 10.3. The SMILES string of the molecule is C=C(C)c1cc(S(C)(=O)=O)ccc1N(CC)c1ccnc(N)n1. The average molecular weight is 332 g/mol. The number of nitrogens with two attached hydrogens (primary N) is 1. The predicted molar refractivity (Wildman–Crippen MR) is 93.4 cm³/mol. The van der Waals surface area contributed by atoms with Crippen LogP contribution in [0.4, 0.5) is 17.5 Å². The van der Waals surface area contributed by atoms with Crippen molar-refractivity contribution in [1.29, 1.82) is 0 Å². The van der Waals surface area contributed by atoms with Gasteiger partial charge in [-0.05, 0) is 43.7 Å². The van der Waals surface area contributed by atoms with E-state index in [4.69, 9.17) is 5.73 Å². The molecule has 0 spiro atoms. The molecule has 0 saturated heterocycles. The molecule has 2 N–H and O–H groups in total. The van der Waals surface area contributed by atoms with E-state index in [1.165, 1.54) is 6.26 Å². The van der Waals surface area contributed by atoms with Crippen LogP contribution in [0.25, 0.3) is 5.57 Å². The van der Waals surface area contributed by atoms with E-state index in [9.17, 15) is 8.42 Å². The zero-order chi connectivity index (χ0) is 17.2. The Morgan fingerprint density at radius 1 is 1.35 bits per heavy atom. The second-order valence-electron chi connectivity index (χ2n) is 5.25. The molecule has 23 heavy (non-hydrogen) atoms. The Bertz CT molecular complexity index is 847. The van der Waals surface area contributed by atoms with Crippen molar-refractivity contribution in [3.05, 3.63) is 42.6 Å². The first-order valence-corrected chi connectivity index (χ1v) is 8.99. The Hall–Kier alpha value is -2.41. The number of nitrogen functional groups attached to an aromatic ring is 1. The van der Waals surface area contributed by atoms with Gasteiger partial charge in [0.2, 0.25) is 5.95 Å². The van der Waals surface area contributed by atoms with Gasteiger partial charge in [-0.15, -0.1) is 0 Å². The van der Waals surface area contributed by atoms with E-state index in [2.05, 4.69) is 16.5 Å². The molecule has 0 amide bonds. The molecule has 0 atom stereocenters. The minimum Gasteiger partial charge on any atom is -0.368 e. The van der Waals surface area contributed by atoms with Gasteiger partial charge in [-0.2, -0.15) is 4.98 Å². The first kappa shape index (κ1) is 17.0.